The lowest BCUT2D eigenvalue weighted by atomic mass is 10.0. The summed E-state index contributed by atoms with van der Waals surface area (Å²) in [5.74, 6) is -1.69. The molecule has 0 saturated heterocycles. The first-order valence-corrected chi connectivity index (χ1v) is 6.02. The zero-order chi connectivity index (χ0) is 12.3. The Morgan fingerprint density at radius 3 is 2.88 bits per heavy atom. The molecule has 0 spiro atoms. The molecule has 1 atom stereocenters. The maximum absolute atomic E-state index is 13.7. The first-order valence-electron chi connectivity index (χ1n) is 5.18. The average molecular weight is 255 g/mol. The Hall–Kier alpha value is -1.40. The summed E-state index contributed by atoms with van der Waals surface area (Å²) in [7, 11) is 0. The molecule has 2 aromatic rings. The van der Waals surface area contributed by atoms with Crippen LogP contribution in [0.3, 0.4) is 0 Å². The van der Waals surface area contributed by atoms with Gasteiger partial charge >= 0.3 is 0 Å². The van der Waals surface area contributed by atoms with Gasteiger partial charge in [0.15, 0.2) is 11.6 Å². The average Bonchev–Trinajstić information content (AvgIpc) is 2.84. The second kappa shape index (κ2) is 5.29. The molecule has 90 valence electrons. The molecule has 6 heteroatoms. The summed E-state index contributed by atoms with van der Waals surface area (Å²) in [4.78, 5) is 0. The molecule has 1 heterocycles. The summed E-state index contributed by atoms with van der Waals surface area (Å²) in [5, 5.41) is 8.69. The fraction of sp³-hybridized carbons (Fsp3) is 0.273. The number of hydrogen-bond donors (Lipinski definition) is 1. The van der Waals surface area contributed by atoms with Gasteiger partial charge in [-0.3, -0.25) is 0 Å². The molecule has 1 aromatic carbocycles. The smallest absolute Gasteiger partial charge is 0.163 e. The van der Waals surface area contributed by atoms with E-state index in [2.05, 4.69) is 14.9 Å². The standard InChI is InChI=1S/C11H11F2N3S/c1-2-14-11(9-6-17-16-15-9)7-4-3-5-8(12)10(7)13/h3-6,11,14H,2H2,1H3. The van der Waals surface area contributed by atoms with Crippen molar-refractivity contribution in [3.05, 3.63) is 46.5 Å². The van der Waals surface area contributed by atoms with Gasteiger partial charge in [0.1, 0.15) is 0 Å². The second-order valence-corrected chi connectivity index (χ2v) is 4.07. The Kier molecular flexibility index (Phi) is 3.75. The van der Waals surface area contributed by atoms with Gasteiger partial charge in [0.25, 0.3) is 0 Å². The SMILES string of the molecule is CCNC(c1csnn1)c1cccc(F)c1F. The largest absolute Gasteiger partial charge is 0.305 e. The van der Waals surface area contributed by atoms with Crippen LogP contribution in [0.15, 0.2) is 23.6 Å². The van der Waals surface area contributed by atoms with Crippen molar-refractivity contribution >= 4 is 11.5 Å². The molecule has 2 rings (SSSR count). The molecule has 0 amide bonds. The molecule has 1 N–H and O–H groups in total. The highest BCUT2D eigenvalue weighted by atomic mass is 32.1. The van der Waals surface area contributed by atoms with Crippen molar-refractivity contribution in [2.24, 2.45) is 0 Å². The molecule has 0 bridgehead atoms. The second-order valence-electron chi connectivity index (χ2n) is 3.46. The maximum Gasteiger partial charge on any atom is 0.163 e. The predicted molar refractivity (Wildman–Crippen MR) is 61.8 cm³/mol. The monoisotopic (exact) mass is 255 g/mol. The third-order valence-electron chi connectivity index (χ3n) is 2.37. The number of nitrogens with zero attached hydrogens (tertiary/aromatic N) is 2. The lowest BCUT2D eigenvalue weighted by molar-refractivity contribution is 0.481. The zero-order valence-electron chi connectivity index (χ0n) is 9.15. The lowest BCUT2D eigenvalue weighted by Crippen LogP contribution is -2.23. The molecule has 1 unspecified atom stereocenters. The summed E-state index contributed by atoms with van der Waals surface area (Å²) < 4.78 is 30.6. The van der Waals surface area contributed by atoms with Crippen LogP contribution in [-0.2, 0) is 0 Å². The van der Waals surface area contributed by atoms with Crippen LogP contribution in [-0.4, -0.2) is 16.1 Å². The fourth-order valence-corrected chi connectivity index (χ4v) is 2.10. The Morgan fingerprint density at radius 1 is 1.41 bits per heavy atom. The summed E-state index contributed by atoms with van der Waals surface area (Å²) in [6, 6.07) is 3.67. The minimum atomic E-state index is -0.853. The number of aromatic nitrogens is 2. The lowest BCUT2D eigenvalue weighted by Gasteiger charge is -2.16. The van der Waals surface area contributed by atoms with Gasteiger partial charge in [-0.25, -0.2) is 8.78 Å². The molecule has 0 radical (unpaired) electrons. The topological polar surface area (TPSA) is 37.8 Å². The molecule has 0 aliphatic carbocycles. The van der Waals surface area contributed by atoms with Crippen LogP contribution in [0, 0.1) is 11.6 Å². The van der Waals surface area contributed by atoms with E-state index in [-0.39, 0.29) is 5.56 Å². The van der Waals surface area contributed by atoms with Crippen molar-refractivity contribution in [1.29, 1.82) is 0 Å². The molecular weight excluding hydrogens is 244 g/mol. The number of rotatable bonds is 4. The van der Waals surface area contributed by atoms with Crippen LogP contribution < -0.4 is 5.32 Å². The quantitative estimate of drug-likeness (QED) is 0.912. The highest BCUT2D eigenvalue weighted by Gasteiger charge is 2.21. The third kappa shape index (κ3) is 2.48. The van der Waals surface area contributed by atoms with E-state index in [1.165, 1.54) is 17.6 Å². The Bertz CT molecular complexity index is 487. The van der Waals surface area contributed by atoms with E-state index < -0.39 is 17.7 Å². The van der Waals surface area contributed by atoms with Gasteiger partial charge in [-0.1, -0.05) is 23.5 Å². The minimum Gasteiger partial charge on any atom is -0.305 e. The molecule has 0 aliphatic heterocycles. The predicted octanol–water partition coefficient (Wildman–Crippen LogP) is 2.52. The molecular formula is C11H11F2N3S. The molecule has 17 heavy (non-hydrogen) atoms. The number of benzene rings is 1. The van der Waals surface area contributed by atoms with Gasteiger partial charge in [-0.2, -0.15) is 0 Å². The van der Waals surface area contributed by atoms with Crippen molar-refractivity contribution in [2.75, 3.05) is 6.54 Å². The van der Waals surface area contributed by atoms with Gasteiger partial charge in [-0.05, 0) is 24.1 Å². The number of nitrogens with one attached hydrogen (secondary N) is 1. The number of halogens is 2. The molecule has 0 aliphatic rings. The molecule has 3 nitrogen and oxygen atoms in total. The summed E-state index contributed by atoms with van der Waals surface area (Å²) in [6.07, 6.45) is 0. The maximum atomic E-state index is 13.7. The molecule has 0 fully saturated rings. The van der Waals surface area contributed by atoms with Gasteiger partial charge < -0.3 is 5.32 Å². The highest BCUT2D eigenvalue weighted by Crippen LogP contribution is 2.24. The van der Waals surface area contributed by atoms with Crippen LogP contribution in [0.2, 0.25) is 0 Å². The Morgan fingerprint density at radius 2 is 2.24 bits per heavy atom. The van der Waals surface area contributed by atoms with E-state index in [1.54, 1.807) is 11.4 Å². The van der Waals surface area contributed by atoms with Crippen molar-refractivity contribution in [2.45, 2.75) is 13.0 Å². The van der Waals surface area contributed by atoms with Gasteiger partial charge in [0.05, 0.1) is 11.7 Å². The van der Waals surface area contributed by atoms with E-state index in [0.29, 0.717) is 12.2 Å². The van der Waals surface area contributed by atoms with Crippen LogP contribution in [0.5, 0.6) is 0 Å². The third-order valence-corrected chi connectivity index (χ3v) is 2.90. The van der Waals surface area contributed by atoms with Crippen molar-refractivity contribution in [3.63, 3.8) is 0 Å². The van der Waals surface area contributed by atoms with Crippen molar-refractivity contribution < 1.29 is 8.78 Å². The van der Waals surface area contributed by atoms with E-state index in [0.717, 1.165) is 6.07 Å². The number of hydrogen-bond acceptors (Lipinski definition) is 4. The molecule has 0 saturated carbocycles. The van der Waals surface area contributed by atoms with E-state index in [9.17, 15) is 8.78 Å². The summed E-state index contributed by atoms with van der Waals surface area (Å²) >= 11 is 1.18. The van der Waals surface area contributed by atoms with Crippen molar-refractivity contribution in [3.8, 4) is 0 Å². The van der Waals surface area contributed by atoms with E-state index >= 15 is 0 Å². The zero-order valence-corrected chi connectivity index (χ0v) is 9.97. The normalized spacial score (nSPS) is 12.6. The van der Waals surface area contributed by atoms with Gasteiger partial charge in [0, 0.05) is 10.9 Å². The van der Waals surface area contributed by atoms with Crippen LogP contribution >= 0.6 is 11.5 Å². The first kappa shape index (κ1) is 12.1. The van der Waals surface area contributed by atoms with Gasteiger partial charge in [-0.15, -0.1) is 5.10 Å². The van der Waals surface area contributed by atoms with Gasteiger partial charge in [0.2, 0.25) is 0 Å². The minimum absolute atomic E-state index is 0.250. The highest BCUT2D eigenvalue weighted by molar-refractivity contribution is 7.03. The Labute approximate surface area is 102 Å². The van der Waals surface area contributed by atoms with Crippen LogP contribution in [0.1, 0.15) is 24.2 Å². The van der Waals surface area contributed by atoms with E-state index in [1.807, 2.05) is 6.92 Å². The summed E-state index contributed by atoms with van der Waals surface area (Å²) in [5.41, 5.74) is 0.848. The van der Waals surface area contributed by atoms with Crippen LogP contribution in [0.4, 0.5) is 8.78 Å². The van der Waals surface area contributed by atoms with E-state index in [4.69, 9.17) is 0 Å². The summed E-state index contributed by atoms with van der Waals surface area (Å²) in [6.45, 7) is 2.52. The van der Waals surface area contributed by atoms with Crippen molar-refractivity contribution in [1.82, 2.24) is 14.9 Å². The van der Waals surface area contributed by atoms with Crippen LogP contribution in [0.25, 0.3) is 0 Å². The Balaban J connectivity index is 2.43. The first-order chi connectivity index (χ1) is 8.24. The fourth-order valence-electron chi connectivity index (χ4n) is 1.62. The molecule has 1 aromatic heterocycles.